The van der Waals surface area contributed by atoms with Gasteiger partial charge in [0.1, 0.15) is 11.8 Å². The van der Waals surface area contributed by atoms with Crippen molar-refractivity contribution >= 4 is 0 Å². The zero-order valence-electron chi connectivity index (χ0n) is 12.5. The second kappa shape index (κ2) is 7.73. The number of nitriles is 2. The molecular formula is C16H21N5. The van der Waals surface area contributed by atoms with Crippen molar-refractivity contribution in [1.29, 1.82) is 10.5 Å². The molecule has 2 rings (SSSR count). The van der Waals surface area contributed by atoms with E-state index < -0.39 is 0 Å². The molecule has 1 unspecified atom stereocenters. The summed E-state index contributed by atoms with van der Waals surface area (Å²) in [7, 11) is 0. The fraction of sp³-hybridized carbons (Fsp3) is 0.562. The summed E-state index contributed by atoms with van der Waals surface area (Å²) in [5.41, 5.74) is 1.50. The molecule has 1 aliphatic rings. The molecule has 5 heteroatoms. The molecule has 1 aliphatic heterocycles. The van der Waals surface area contributed by atoms with Crippen LogP contribution in [0.15, 0.2) is 18.3 Å². The summed E-state index contributed by atoms with van der Waals surface area (Å²) in [6.07, 6.45) is 3.64. The molecule has 1 atom stereocenters. The minimum atomic E-state index is 0.0465. The van der Waals surface area contributed by atoms with Crippen molar-refractivity contribution in [1.82, 2.24) is 14.8 Å². The lowest BCUT2D eigenvalue weighted by molar-refractivity contribution is 0.106. The van der Waals surface area contributed by atoms with Crippen LogP contribution in [0, 0.1) is 22.7 Å². The number of pyridine rings is 1. The summed E-state index contributed by atoms with van der Waals surface area (Å²) in [5.74, 6) is 0. The summed E-state index contributed by atoms with van der Waals surface area (Å²) in [5, 5.41) is 18.3. The van der Waals surface area contributed by atoms with Crippen LogP contribution >= 0.6 is 0 Å². The van der Waals surface area contributed by atoms with Crippen LogP contribution in [0.3, 0.4) is 0 Å². The fourth-order valence-electron chi connectivity index (χ4n) is 2.74. The molecule has 1 aromatic heterocycles. The first-order chi connectivity index (χ1) is 10.3. The molecule has 5 nitrogen and oxygen atoms in total. The normalized spacial score (nSPS) is 17.9. The average Bonchev–Trinajstić information content (AvgIpc) is 2.54. The van der Waals surface area contributed by atoms with E-state index in [2.05, 4.69) is 33.8 Å². The van der Waals surface area contributed by atoms with Gasteiger partial charge in [-0.05, 0) is 12.5 Å². The molecule has 1 fully saturated rings. The van der Waals surface area contributed by atoms with Crippen LogP contribution in [0.2, 0.25) is 0 Å². The molecule has 0 bridgehead atoms. The maximum absolute atomic E-state index is 9.23. The Labute approximate surface area is 126 Å². The number of hydrogen-bond acceptors (Lipinski definition) is 5. The van der Waals surface area contributed by atoms with Crippen LogP contribution in [0.4, 0.5) is 0 Å². The molecule has 1 saturated heterocycles. The highest BCUT2D eigenvalue weighted by Crippen LogP contribution is 2.14. The van der Waals surface area contributed by atoms with Crippen molar-refractivity contribution in [2.24, 2.45) is 0 Å². The van der Waals surface area contributed by atoms with Crippen LogP contribution in [-0.2, 0) is 6.54 Å². The smallest absolute Gasteiger partial charge is 0.144 e. The van der Waals surface area contributed by atoms with Crippen LogP contribution in [-0.4, -0.2) is 47.0 Å². The van der Waals surface area contributed by atoms with Crippen LogP contribution in [0.5, 0.6) is 0 Å². The van der Waals surface area contributed by atoms with Gasteiger partial charge in [-0.2, -0.15) is 10.5 Å². The van der Waals surface area contributed by atoms with Gasteiger partial charge in [-0.1, -0.05) is 19.4 Å². The molecule has 2 heterocycles. The van der Waals surface area contributed by atoms with Gasteiger partial charge < -0.3 is 0 Å². The number of piperazine rings is 1. The summed E-state index contributed by atoms with van der Waals surface area (Å²) in [6, 6.07) is 8.44. The van der Waals surface area contributed by atoms with Gasteiger partial charge in [0.25, 0.3) is 0 Å². The van der Waals surface area contributed by atoms with E-state index in [1.165, 1.54) is 0 Å². The first-order valence-corrected chi connectivity index (χ1v) is 7.48. The average molecular weight is 283 g/mol. The van der Waals surface area contributed by atoms with E-state index in [9.17, 15) is 5.26 Å². The highest BCUT2D eigenvalue weighted by Gasteiger charge is 2.23. The Kier molecular flexibility index (Phi) is 5.68. The third-order valence-corrected chi connectivity index (χ3v) is 3.95. The Morgan fingerprint density at radius 3 is 2.67 bits per heavy atom. The maximum Gasteiger partial charge on any atom is 0.144 e. The van der Waals surface area contributed by atoms with Gasteiger partial charge in [0.05, 0.1) is 12.1 Å². The molecule has 0 aromatic carbocycles. The molecule has 1 aromatic rings. The van der Waals surface area contributed by atoms with Gasteiger partial charge in [0, 0.05) is 44.5 Å². The lowest BCUT2D eigenvalue weighted by Crippen LogP contribution is -2.49. The second-order valence-electron chi connectivity index (χ2n) is 5.37. The Morgan fingerprint density at radius 1 is 1.29 bits per heavy atom. The standard InChI is InChI=1S/C16H21N5/c1-2-4-15(11-17)21-9-7-20(8-10-21)13-14-5-3-6-19-16(14)12-18/h3,5-6,15H,2,4,7-10,13H2,1H3. The first-order valence-electron chi connectivity index (χ1n) is 7.48. The predicted octanol–water partition coefficient (Wildman–Crippen LogP) is 1.76. The van der Waals surface area contributed by atoms with Gasteiger partial charge in [0.15, 0.2) is 0 Å². The van der Waals surface area contributed by atoms with Crippen LogP contribution < -0.4 is 0 Å². The topological polar surface area (TPSA) is 67.0 Å². The number of hydrogen-bond donors (Lipinski definition) is 0. The molecule has 21 heavy (non-hydrogen) atoms. The molecule has 0 N–H and O–H groups in total. The fourth-order valence-corrected chi connectivity index (χ4v) is 2.74. The third kappa shape index (κ3) is 4.01. The monoisotopic (exact) mass is 283 g/mol. The summed E-state index contributed by atoms with van der Waals surface area (Å²) >= 11 is 0. The molecule has 0 saturated carbocycles. The zero-order chi connectivity index (χ0) is 15.1. The largest absolute Gasteiger partial charge is 0.296 e. The number of nitrogens with zero attached hydrogens (tertiary/aromatic N) is 5. The van der Waals surface area contributed by atoms with Crippen LogP contribution in [0.25, 0.3) is 0 Å². The van der Waals surface area contributed by atoms with E-state index in [0.29, 0.717) is 5.69 Å². The third-order valence-electron chi connectivity index (χ3n) is 3.95. The second-order valence-corrected chi connectivity index (χ2v) is 5.37. The Balaban J connectivity index is 1.90. The zero-order valence-corrected chi connectivity index (χ0v) is 12.5. The van der Waals surface area contributed by atoms with Gasteiger partial charge in [-0.25, -0.2) is 4.98 Å². The highest BCUT2D eigenvalue weighted by atomic mass is 15.3. The molecule has 0 amide bonds. The van der Waals surface area contributed by atoms with Gasteiger partial charge in [-0.3, -0.25) is 9.80 Å². The van der Waals surface area contributed by atoms with Gasteiger partial charge in [-0.15, -0.1) is 0 Å². The Hall–Kier alpha value is -1.95. The molecule has 0 radical (unpaired) electrons. The molecule has 0 spiro atoms. The Bertz CT molecular complexity index is 534. The van der Waals surface area contributed by atoms with E-state index in [-0.39, 0.29) is 6.04 Å². The van der Waals surface area contributed by atoms with Crippen molar-refractivity contribution in [3.05, 3.63) is 29.6 Å². The van der Waals surface area contributed by atoms with Crippen molar-refractivity contribution in [2.75, 3.05) is 26.2 Å². The summed E-state index contributed by atoms with van der Waals surface area (Å²) in [4.78, 5) is 8.70. The van der Waals surface area contributed by atoms with Gasteiger partial charge in [0.2, 0.25) is 0 Å². The number of rotatable bonds is 5. The first kappa shape index (κ1) is 15.4. The van der Waals surface area contributed by atoms with E-state index in [0.717, 1.165) is 51.1 Å². The molecular weight excluding hydrogens is 262 g/mol. The van der Waals surface area contributed by atoms with Gasteiger partial charge >= 0.3 is 0 Å². The van der Waals surface area contributed by atoms with E-state index in [1.807, 2.05) is 12.1 Å². The lowest BCUT2D eigenvalue weighted by atomic mass is 10.1. The molecule has 110 valence electrons. The SMILES string of the molecule is CCCC(C#N)N1CCN(Cc2cccnc2C#N)CC1. The minimum Gasteiger partial charge on any atom is -0.296 e. The van der Waals surface area contributed by atoms with Crippen molar-refractivity contribution in [3.63, 3.8) is 0 Å². The lowest BCUT2D eigenvalue weighted by Gasteiger charge is -2.36. The minimum absolute atomic E-state index is 0.0465. The van der Waals surface area contributed by atoms with Crippen molar-refractivity contribution in [2.45, 2.75) is 32.4 Å². The summed E-state index contributed by atoms with van der Waals surface area (Å²) < 4.78 is 0. The van der Waals surface area contributed by atoms with E-state index in [1.54, 1.807) is 6.20 Å². The predicted molar refractivity (Wildman–Crippen MR) is 80.1 cm³/mol. The number of aromatic nitrogens is 1. The van der Waals surface area contributed by atoms with E-state index in [4.69, 9.17) is 5.26 Å². The van der Waals surface area contributed by atoms with Crippen LogP contribution in [0.1, 0.15) is 31.0 Å². The molecule has 0 aliphatic carbocycles. The maximum atomic E-state index is 9.23. The van der Waals surface area contributed by atoms with E-state index >= 15 is 0 Å². The Morgan fingerprint density at radius 2 is 2.05 bits per heavy atom. The van der Waals surface area contributed by atoms with Crippen molar-refractivity contribution < 1.29 is 0 Å². The quantitative estimate of drug-likeness (QED) is 0.823. The summed E-state index contributed by atoms with van der Waals surface area (Å²) in [6.45, 7) is 6.58. The van der Waals surface area contributed by atoms with Crippen molar-refractivity contribution in [3.8, 4) is 12.1 Å². The highest BCUT2D eigenvalue weighted by molar-refractivity contribution is 5.30.